The minimum Gasteiger partial charge on any atom is -0.494 e. The van der Waals surface area contributed by atoms with Crippen molar-refractivity contribution in [1.82, 2.24) is 4.98 Å². The quantitative estimate of drug-likeness (QED) is 0.899. The molecule has 0 aliphatic heterocycles. The van der Waals surface area contributed by atoms with E-state index in [1.807, 2.05) is 39.0 Å². The highest BCUT2D eigenvalue weighted by atomic mass is 16.5. The largest absolute Gasteiger partial charge is 0.494 e. The van der Waals surface area contributed by atoms with Gasteiger partial charge in [0.2, 0.25) is 0 Å². The van der Waals surface area contributed by atoms with Crippen LogP contribution in [-0.2, 0) is 6.42 Å². The molecule has 0 radical (unpaired) electrons. The van der Waals surface area contributed by atoms with E-state index in [0.717, 1.165) is 34.8 Å². The first-order valence-corrected chi connectivity index (χ1v) is 6.14. The molecule has 0 aliphatic carbocycles. The highest BCUT2D eigenvalue weighted by Crippen LogP contribution is 2.30. The number of rotatable bonds is 4. The van der Waals surface area contributed by atoms with E-state index < -0.39 is 0 Å². The number of ether oxygens (including phenoxy) is 1. The molecule has 4 heteroatoms. The molecule has 0 aliphatic rings. The maximum absolute atomic E-state index is 5.61. The summed E-state index contributed by atoms with van der Waals surface area (Å²) in [5.74, 6) is 1.65. The van der Waals surface area contributed by atoms with Crippen LogP contribution in [0.5, 0.6) is 5.75 Å². The molecule has 0 unspecified atom stereocenters. The maximum atomic E-state index is 5.61. The summed E-state index contributed by atoms with van der Waals surface area (Å²) < 4.78 is 11.0. The van der Waals surface area contributed by atoms with Gasteiger partial charge in [-0.25, -0.2) is 0 Å². The number of aryl methyl sites for hydroxylation is 2. The summed E-state index contributed by atoms with van der Waals surface area (Å²) in [7, 11) is 0. The lowest BCUT2D eigenvalue weighted by molar-refractivity contribution is 0.338. The van der Waals surface area contributed by atoms with Crippen LogP contribution in [0.4, 0.5) is 6.01 Å². The predicted octanol–water partition coefficient (Wildman–Crippen LogP) is 3.19. The van der Waals surface area contributed by atoms with Crippen LogP contribution < -0.4 is 10.5 Å². The molecule has 4 nitrogen and oxygen atoms in total. The van der Waals surface area contributed by atoms with Crippen molar-refractivity contribution in [2.45, 2.75) is 27.2 Å². The van der Waals surface area contributed by atoms with E-state index in [1.165, 1.54) is 0 Å². The minimum atomic E-state index is 0.216. The Morgan fingerprint density at radius 2 is 2.11 bits per heavy atom. The summed E-state index contributed by atoms with van der Waals surface area (Å²) in [5, 5.41) is 0. The van der Waals surface area contributed by atoms with Crippen molar-refractivity contribution >= 4 is 6.01 Å². The summed E-state index contributed by atoms with van der Waals surface area (Å²) in [4.78, 5) is 4.17. The Kier molecular flexibility index (Phi) is 3.55. The number of aromatic nitrogens is 1. The van der Waals surface area contributed by atoms with Gasteiger partial charge in [0.15, 0.2) is 5.76 Å². The predicted molar refractivity (Wildman–Crippen MR) is 71.6 cm³/mol. The monoisotopic (exact) mass is 246 g/mol. The second-order valence-electron chi connectivity index (χ2n) is 4.09. The molecule has 0 spiro atoms. The first kappa shape index (κ1) is 12.5. The first-order valence-electron chi connectivity index (χ1n) is 6.14. The normalized spacial score (nSPS) is 10.6. The third-order valence-corrected chi connectivity index (χ3v) is 2.79. The molecule has 2 aromatic rings. The highest BCUT2D eigenvalue weighted by molar-refractivity contribution is 5.63. The van der Waals surface area contributed by atoms with Gasteiger partial charge in [-0.2, -0.15) is 4.98 Å². The van der Waals surface area contributed by atoms with Crippen molar-refractivity contribution in [2.75, 3.05) is 12.3 Å². The van der Waals surface area contributed by atoms with Gasteiger partial charge < -0.3 is 14.9 Å². The fraction of sp³-hybridized carbons (Fsp3) is 0.357. The molecule has 96 valence electrons. The first-order chi connectivity index (χ1) is 8.65. The molecule has 18 heavy (non-hydrogen) atoms. The van der Waals surface area contributed by atoms with Gasteiger partial charge in [0.1, 0.15) is 5.75 Å². The smallest absolute Gasteiger partial charge is 0.292 e. The van der Waals surface area contributed by atoms with Crippen LogP contribution >= 0.6 is 0 Å². The molecule has 0 atom stereocenters. The van der Waals surface area contributed by atoms with Crippen molar-refractivity contribution in [2.24, 2.45) is 0 Å². The summed E-state index contributed by atoms with van der Waals surface area (Å²) in [6, 6.07) is 6.17. The van der Waals surface area contributed by atoms with Gasteiger partial charge >= 0.3 is 0 Å². The zero-order chi connectivity index (χ0) is 13.1. The van der Waals surface area contributed by atoms with Crippen LogP contribution in [0.15, 0.2) is 22.6 Å². The standard InChI is InChI=1S/C14H18N2O2/c1-4-11-13(18-14(15)16-11)10-6-7-12(17-5-2)9(3)8-10/h6-8H,4-5H2,1-3H3,(H2,15,16). The number of anilines is 1. The molecule has 2 N–H and O–H groups in total. The maximum Gasteiger partial charge on any atom is 0.292 e. The summed E-state index contributed by atoms with van der Waals surface area (Å²) in [5.41, 5.74) is 8.55. The SMILES string of the molecule is CCOc1ccc(-c2oc(N)nc2CC)cc1C. The Balaban J connectivity index is 2.41. The van der Waals surface area contributed by atoms with Gasteiger partial charge in [0.05, 0.1) is 12.3 Å². The zero-order valence-corrected chi connectivity index (χ0v) is 11.0. The van der Waals surface area contributed by atoms with Gasteiger partial charge in [-0.3, -0.25) is 0 Å². The lowest BCUT2D eigenvalue weighted by Gasteiger charge is -2.08. The second-order valence-corrected chi connectivity index (χ2v) is 4.09. The van der Waals surface area contributed by atoms with Gasteiger partial charge in [-0.15, -0.1) is 0 Å². The number of nitrogens with two attached hydrogens (primary N) is 1. The van der Waals surface area contributed by atoms with Crippen LogP contribution in [0.2, 0.25) is 0 Å². The molecule has 0 amide bonds. The number of nitrogen functional groups attached to an aromatic ring is 1. The number of hydrogen-bond donors (Lipinski definition) is 1. The molecular formula is C14H18N2O2. The Hall–Kier alpha value is -1.97. The number of nitrogens with zero attached hydrogens (tertiary/aromatic N) is 1. The van der Waals surface area contributed by atoms with Crippen molar-refractivity contribution in [3.63, 3.8) is 0 Å². The number of oxazole rings is 1. The van der Waals surface area contributed by atoms with Crippen LogP contribution in [0.3, 0.4) is 0 Å². The zero-order valence-electron chi connectivity index (χ0n) is 11.0. The van der Waals surface area contributed by atoms with Gasteiger partial charge in [-0.1, -0.05) is 6.92 Å². The summed E-state index contributed by atoms with van der Waals surface area (Å²) in [6.07, 6.45) is 0.794. The Bertz CT molecular complexity index is 547. The fourth-order valence-electron chi connectivity index (χ4n) is 1.94. The average molecular weight is 246 g/mol. The van der Waals surface area contributed by atoms with Crippen LogP contribution in [0.1, 0.15) is 25.1 Å². The second kappa shape index (κ2) is 5.12. The lowest BCUT2D eigenvalue weighted by Crippen LogP contribution is -1.94. The topological polar surface area (TPSA) is 61.3 Å². The van der Waals surface area contributed by atoms with Crippen molar-refractivity contribution in [3.05, 3.63) is 29.5 Å². The van der Waals surface area contributed by atoms with Gasteiger partial charge in [-0.05, 0) is 44.0 Å². The van der Waals surface area contributed by atoms with Crippen molar-refractivity contribution in [1.29, 1.82) is 0 Å². The Labute approximate surface area is 107 Å². The van der Waals surface area contributed by atoms with Crippen molar-refractivity contribution in [3.8, 4) is 17.1 Å². The van der Waals surface area contributed by atoms with E-state index >= 15 is 0 Å². The lowest BCUT2D eigenvalue weighted by atomic mass is 10.1. The Morgan fingerprint density at radius 3 is 2.72 bits per heavy atom. The van der Waals surface area contributed by atoms with Crippen LogP contribution in [0.25, 0.3) is 11.3 Å². The molecule has 1 aromatic carbocycles. The van der Waals surface area contributed by atoms with E-state index in [0.29, 0.717) is 6.61 Å². The molecule has 0 bridgehead atoms. The fourth-order valence-corrected chi connectivity index (χ4v) is 1.94. The summed E-state index contributed by atoms with van der Waals surface area (Å²) in [6.45, 7) is 6.68. The molecule has 0 fully saturated rings. The number of benzene rings is 1. The van der Waals surface area contributed by atoms with Crippen LogP contribution in [0, 0.1) is 6.92 Å². The van der Waals surface area contributed by atoms with Gasteiger partial charge in [0.25, 0.3) is 6.01 Å². The molecule has 1 heterocycles. The molecule has 1 aromatic heterocycles. The minimum absolute atomic E-state index is 0.216. The molecule has 0 saturated carbocycles. The van der Waals surface area contributed by atoms with E-state index in [2.05, 4.69) is 4.98 Å². The van der Waals surface area contributed by atoms with E-state index in [4.69, 9.17) is 14.9 Å². The van der Waals surface area contributed by atoms with Gasteiger partial charge in [0, 0.05) is 5.56 Å². The molecular weight excluding hydrogens is 228 g/mol. The summed E-state index contributed by atoms with van der Waals surface area (Å²) >= 11 is 0. The van der Waals surface area contributed by atoms with E-state index in [1.54, 1.807) is 0 Å². The molecule has 2 rings (SSSR count). The average Bonchev–Trinajstić information content (AvgIpc) is 2.73. The number of hydrogen-bond acceptors (Lipinski definition) is 4. The highest BCUT2D eigenvalue weighted by Gasteiger charge is 2.13. The van der Waals surface area contributed by atoms with Crippen LogP contribution in [-0.4, -0.2) is 11.6 Å². The third-order valence-electron chi connectivity index (χ3n) is 2.79. The van der Waals surface area contributed by atoms with E-state index in [9.17, 15) is 0 Å². The van der Waals surface area contributed by atoms with Crippen molar-refractivity contribution < 1.29 is 9.15 Å². The Morgan fingerprint density at radius 1 is 1.33 bits per heavy atom. The molecule has 0 saturated heterocycles. The van der Waals surface area contributed by atoms with E-state index in [-0.39, 0.29) is 6.01 Å². The third kappa shape index (κ3) is 2.32.